The van der Waals surface area contributed by atoms with Crippen molar-refractivity contribution in [2.24, 2.45) is 0 Å². The lowest BCUT2D eigenvalue weighted by atomic mass is 9.81. The first-order chi connectivity index (χ1) is 7.21. The Morgan fingerprint density at radius 3 is 2.27 bits per heavy atom. The van der Waals surface area contributed by atoms with E-state index in [0.29, 0.717) is 5.78 Å². The van der Waals surface area contributed by atoms with Crippen LogP contribution in [0.25, 0.3) is 0 Å². The fourth-order valence-corrected chi connectivity index (χ4v) is 2.30. The third-order valence-electron chi connectivity index (χ3n) is 2.92. The summed E-state index contributed by atoms with van der Waals surface area (Å²) < 4.78 is 0. The van der Waals surface area contributed by atoms with Crippen LogP contribution < -0.4 is 0 Å². The summed E-state index contributed by atoms with van der Waals surface area (Å²) in [5, 5.41) is 12.5. The van der Waals surface area contributed by atoms with Gasteiger partial charge in [0.15, 0.2) is 0 Å². The van der Waals surface area contributed by atoms with E-state index < -0.39 is 5.60 Å². The van der Waals surface area contributed by atoms with Gasteiger partial charge in [0.25, 0.3) is 0 Å². The first-order valence-electron chi connectivity index (χ1n) is 5.35. The Labute approximate surface area is 93.2 Å². The number of thiazole rings is 1. The largest absolute Gasteiger partial charge is 0.383 e. The first-order valence-corrected chi connectivity index (χ1v) is 6.23. The van der Waals surface area contributed by atoms with E-state index in [1.807, 2.05) is 5.38 Å². The molecule has 3 rings (SSSR count). The highest BCUT2D eigenvalue weighted by Gasteiger charge is 2.38. The van der Waals surface area contributed by atoms with Gasteiger partial charge in [-0.05, 0) is 25.7 Å². The zero-order valence-corrected chi connectivity index (χ0v) is 9.42. The molecule has 0 unspecified atom stereocenters. The lowest BCUT2D eigenvalue weighted by Crippen LogP contribution is -2.33. The van der Waals surface area contributed by atoms with Crippen LogP contribution in [0.3, 0.4) is 0 Å². The number of carbonyl (C=O) groups is 1. The molecular weight excluding hydrogens is 210 g/mol. The lowest BCUT2D eigenvalue weighted by Gasteiger charge is -2.34. The number of hydrogen-bond donors (Lipinski definition) is 1. The van der Waals surface area contributed by atoms with Crippen LogP contribution in [0.15, 0.2) is 11.6 Å². The van der Waals surface area contributed by atoms with Crippen molar-refractivity contribution < 1.29 is 9.90 Å². The number of aromatic nitrogens is 1. The molecule has 3 nitrogen and oxygen atoms in total. The fourth-order valence-electron chi connectivity index (χ4n) is 1.50. The highest BCUT2D eigenvalue weighted by atomic mass is 32.1. The average molecular weight is 225 g/mol. The molecule has 1 aromatic heterocycles. The van der Waals surface area contributed by atoms with Crippen LogP contribution in [0, 0.1) is 0 Å². The molecule has 2 aliphatic rings. The molecule has 0 bridgehead atoms. The highest BCUT2D eigenvalue weighted by Crippen LogP contribution is 2.41. The van der Waals surface area contributed by atoms with Crippen molar-refractivity contribution in [1.82, 2.24) is 4.98 Å². The quantitative estimate of drug-likeness (QED) is 0.797. The Hall–Kier alpha value is -0.740. The van der Waals surface area contributed by atoms with Gasteiger partial charge in [-0.1, -0.05) is 0 Å². The van der Waals surface area contributed by atoms with Crippen molar-refractivity contribution in [3.8, 4) is 0 Å². The number of carbonyl (C=O) groups excluding carboxylic acids is 1. The van der Waals surface area contributed by atoms with Gasteiger partial charge in [0.05, 0.1) is 0 Å². The molecule has 2 fully saturated rings. The van der Waals surface area contributed by atoms with Gasteiger partial charge in [-0.15, -0.1) is 11.3 Å². The monoisotopic (exact) mass is 225 g/mol. The summed E-state index contributed by atoms with van der Waals surface area (Å²) in [5.41, 5.74) is -0.547. The number of rotatable bonds is 1. The molecule has 82 valence electrons. The van der Waals surface area contributed by atoms with E-state index in [1.54, 1.807) is 17.5 Å². The molecule has 2 saturated carbocycles. The van der Waals surface area contributed by atoms with Crippen LogP contribution in [0.4, 0.5) is 0 Å². The second-order valence-electron chi connectivity index (χ2n) is 4.11. The molecule has 2 aliphatic carbocycles. The summed E-state index contributed by atoms with van der Waals surface area (Å²) in [7, 11) is 0. The number of nitrogens with zero attached hydrogens (tertiary/aromatic N) is 1. The van der Waals surface area contributed by atoms with E-state index in [4.69, 9.17) is 0 Å². The summed E-state index contributed by atoms with van der Waals surface area (Å²) in [4.78, 5) is 14.0. The van der Waals surface area contributed by atoms with Gasteiger partial charge >= 0.3 is 0 Å². The molecule has 15 heavy (non-hydrogen) atoms. The second-order valence-corrected chi connectivity index (χ2v) is 5.01. The van der Waals surface area contributed by atoms with Crippen molar-refractivity contribution in [2.45, 2.75) is 44.1 Å². The van der Waals surface area contributed by atoms with Gasteiger partial charge in [-0.2, -0.15) is 0 Å². The minimum atomic E-state index is -0.547. The zero-order valence-electron chi connectivity index (χ0n) is 8.61. The molecule has 0 aromatic carbocycles. The first kappa shape index (κ1) is 10.8. The molecular formula is C11H15NO2S. The minimum absolute atomic E-state index is 0.435. The van der Waals surface area contributed by atoms with Crippen LogP contribution in [0.2, 0.25) is 0 Å². The normalized spacial score (nSPS) is 22.1. The molecule has 1 aromatic rings. The number of Topliss-reactive ketones (excluding diaryl/α,β-unsaturated/α-hetero) is 1. The molecule has 0 amide bonds. The standard InChI is InChI=1S/C7H9NOS.C4H6O/c9-7(2-1-3-7)6-8-4-5-10-6;5-4-2-1-3-4/h4-5,9H,1-3H2;1-3H2. The summed E-state index contributed by atoms with van der Waals surface area (Å²) in [5.74, 6) is 0.435. The SMILES string of the molecule is O=C1CCC1.OC1(c2nccs2)CCC1. The topological polar surface area (TPSA) is 50.2 Å². The van der Waals surface area contributed by atoms with Gasteiger partial charge in [0.2, 0.25) is 0 Å². The third kappa shape index (κ3) is 2.44. The molecule has 0 aliphatic heterocycles. The van der Waals surface area contributed by atoms with Gasteiger partial charge in [-0.25, -0.2) is 4.98 Å². The van der Waals surface area contributed by atoms with Gasteiger partial charge in [-0.3, -0.25) is 4.79 Å². The summed E-state index contributed by atoms with van der Waals surface area (Å²) in [6, 6.07) is 0. The summed E-state index contributed by atoms with van der Waals surface area (Å²) >= 11 is 1.54. The average Bonchev–Trinajstić information content (AvgIpc) is 2.65. The van der Waals surface area contributed by atoms with Crippen LogP contribution in [-0.2, 0) is 10.4 Å². The van der Waals surface area contributed by atoms with Crippen molar-refractivity contribution in [1.29, 1.82) is 0 Å². The minimum Gasteiger partial charge on any atom is -0.383 e. The maximum Gasteiger partial charge on any atom is 0.132 e. The highest BCUT2D eigenvalue weighted by molar-refractivity contribution is 7.09. The van der Waals surface area contributed by atoms with Crippen molar-refractivity contribution in [3.63, 3.8) is 0 Å². The maximum absolute atomic E-state index is 9.90. The number of aliphatic hydroxyl groups is 1. The number of ketones is 1. The third-order valence-corrected chi connectivity index (χ3v) is 3.89. The predicted molar refractivity (Wildman–Crippen MR) is 58.7 cm³/mol. The Balaban J connectivity index is 0.000000144. The summed E-state index contributed by atoms with van der Waals surface area (Å²) in [6.45, 7) is 0. The van der Waals surface area contributed by atoms with Gasteiger partial charge < -0.3 is 5.11 Å². The van der Waals surface area contributed by atoms with Crippen LogP contribution >= 0.6 is 11.3 Å². The fraction of sp³-hybridized carbons (Fsp3) is 0.636. The van der Waals surface area contributed by atoms with E-state index in [9.17, 15) is 9.90 Å². The van der Waals surface area contributed by atoms with E-state index in [2.05, 4.69) is 4.98 Å². The van der Waals surface area contributed by atoms with Crippen LogP contribution in [-0.4, -0.2) is 15.9 Å². The second kappa shape index (κ2) is 4.41. The Bertz CT molecular complexity index is 324. The molecule has 4 heteroatoms. The molecule has 1 N–H and O–H groups in total. The lowest BCUT2D eigenvalue weighted by molar-refractivity contribution is -0.123. The van der Waals surface area contributed by atoms with Gasteiger partial charge in [0, 0.05) is 24.4 Å². The van der Waals surface area contributed by atoms with E-state index in [-0.39, 0.29) is 0 Å². The Morgan fingerprint density at radius 1 is 1.33 bits per heavy atom. The van der Waals surface area contributed by atoms with Gasteiger partial charge in [0.1, 0.15) is 16.4 Å². The Kier molecular flexibility index (Phi) is 3.17. The zero-order chi connectivity index (χ0) is 10.7. The maximum atomic E-state index is 9.90. The van der Waals surface area contributed by atoms with Crippen molar-refractivity contribution in [2.75, 3.05) is 0 Å². The number of hydrogen-bond acceptors (Lipinski definition) is 4. The molecule has 0 spiro atoms. The van der Waals surface area contributed by atoms with E-state index in [1.165, 1.54) is 0 Å². The van der Waals surface area contributed by atoms with E-state index in [0.717, 1.165) is 43.5 Å². The van der Waals surface area contributed by atoms with Crippen molar-refractivity contribution in [3.05, 3.63) is 16.6 Å². The van der Waals surface area contributed by atoms with Crippen LogP contribution in [0.1, 0.15) is 43.5 Å². The summed E-state index contributed by atoms with van der Waals surface area (Å²) in [6.07, 6.45) is 7.49. The molecule has 0 radical (unpaired) electrons. The predicted octanol–water partition coefficient (Wildman–Crippen LogP) is 2.25. The van der Waals surface area contributed by atoms with Crippen LogP contribution in [0.5, 0.6) is 0 Å². The van der Waals surface area contributed by atoms with Crippen molar-refractivity contribution >= 4 is 17.1 Å². The Morgan fingerprint density at radius 2 is 2.00 bits per heavy atom. The molecule has 1 heterocycles. The van der Waals surface area contributed by atoms with E-state index >= 15 is 0 Å². The smallest absolute Gasteiger partial charge is 0.132 e. The molecule has 0 saturated heterocycles. The molecule has 0 atom stereocenters.